The molecule has 1 aromatic heterocycles. The van der Waals surface area contributed by atoms with Crippen LogP contribution in [-0.2, 0) is 13.5 Å². The van der Waals surface area contributed by atoms with E-state index in [0.717, 1.165) is 10.2 Å². The number of carbonyl (C=O) groups is 1. The molecule has 0 bridgehead atoms. The van der Waals surface area contributed by atoms with Crippen molar-refractivity contribution >= 4 is 27.4 Å². The average molecular weight is 308 g/mol. The van der Waals surface area contributed by atoms with Crippen LogP contribution in [0.4, 0.5) is 5.69 Å². The zero-order chi connectivity index (χ0) is 13.1. The fourth-order valence-corrected chi connectivity index (χ4v) is 2.15. The predicted molar refractivity (Wildman–Crippen MR) is 74.4 cm³/mol. The molecule has 0 atom stereocenters. The van der Waals surface area contributed by atoms with Crippen LogP contribution in [0.25, 0.3) is 0 Å². The molecule has 0 aliphatic rings. The van der Waals surface area contributed by atoms with E-state index in [4.69, 9.17) is 5.73 Å². The van der Waals surface area contributed by atoms with Crippen LogP contribution >= 0.6 is 15.9 Å². The number of nitrogens with two attached hydrogens (primary N) is 1. The van der Waals surface area contributed by atoms with Gasteiger partial charge in [0.05, 0.1) is 0 Å². The fourth-order valence-electron chi connectivity index (χ4n) is 1.79. The molecule has 0 spiro atoms. The lowest BCUT2D eigenvalue weighted by Crippen LogP contribution is -2.07. The SMILES string of the molecule is Cn1nccc1CCC(=O)c1cc(Br)ccc1N. The van der Waals surface area contributed by atoms with Crippen LogP contribution in [0, 0.1) is 0 Å². The van der Waals surface area contributed by atoms with E-state index in [-0.39, 0.29) is 5.78 Å². The van der Waals surface area contributed by atoms with E-state index in [1.165, 1.54) is 0 Å². The van der Waals surface area contributed by atoms with Crippen LogP contribution in [0.2, 0.25) is 0 Å². The van der Waals surface area contributed by atoms with Gasteiger partial charge in [0.2, 0.25) is 0 Å². The lowest BCUT2D eigenvalue weighted by atomic mass is 10.0. The summed E-state index contributed by atoms with van der Waals surface area (Å²) in [6.45, 7) is 0. The van der Waals surface area contributed by atoms with Crippen molar-refractivity contribution in [1.82, 2.24) is 9.78 Å². The van der Waals surface area contributed by atoms with Crippen molar-refractivity contribution in [3.8, 4) is 0 Å². The van der Waals surface area contributed by atoms with Gasteiger partial charge in [-0.1, -0.05) is 15.9 Å². The fraction of sp³-hybridized carbons (Fsp3) is 0.231. The third-order valence-corrected chi connectivity index (χ3v) is 3.34. The van der Waals surface area contributed by atoms with Crippen molar-refractivity contribution in [3.63, 3.8) is 0 Å². The molecule has 2 aromatic rings. The van der Waals surface area contributed by atoms with Crippen LogP contribution < -0.4 is 5.73 Å². The Kier molecular flexibility index (Phi) is 3.81. The number of benzene rings is 1. The molecule has 4 nitrogen and oxygen atoms in total. The Hall–Kier alpha value is -1.62. The zero-order valence-electron chi connectivity index (χ0n) is 10.1. The molecule has 1 heterocycles. The number of carbonyl (C=O) groups excluding carboxylic acids is 1. The molecule has 1 aromatic carbocycles. The van der Waals surface area contributed by atoms with E-state index < -0.39 is 0 Å². The summed E-state index contributed by atoms with van der Waals surface area (Å²) < 4.78 is 2.64. The zero-order valence-corrected chi connectivity index (χ0v) is 11.6. The number of halogens is 1. The van der Waals surface area contributed by atoms with Gasteiger partial charge in [0.25, 0.3) is 0 Å². The number of Topliss-reactive ketones (excluding diaryl/α,β-unsaturated/α-hetero) is 1. The van der Waals surface area contributed by atoms with Gasteiger partial charge in [0, 0.05) is 41.1 Å². The Balaban J connectivity index is 2.08. The lowest BCUT2D eigenvalue weighted by Gasteiger charge is -2.06. The van der Waals surface area contributed by atoms with Gasteiger partial charge in [-0.3, -0.25) is 9.48 Å². The first-order valence-electron chi connectivity index (χ1n) is 5.63. The van der Waals surface area contributed by atoms with E-state index in [9.17, 15) is 4.79 Å². The van der Waals surface area contributed by atoms with Crippen molar-refractivity contribution < 1.29 is 4.79 Å². The van der Waals surface area contributed by atoms with Crippen molar-refractivity contribution in [3.05, 3.63) is 46.2 Å². The Morgan fingerprint density at radius 3 is 2.89 bits per heavy atom. The first-order valence-corrected chi connectivity index (χ1v) is 6.42. The highest BCUT2D eigenvalue weighted by molar-refractivity contribution is 9.10. The van der Waals surface area contributed by atoms with Gasteiger partial charge in [-0.15, -0.1) is 0 Å². The minimum absolute atomic E-state index is 0.0509. The van der Waals surface area contributed by atoms with Gasteiger partial charge in [-0.2, -0.15) is 5.10 Å². The maximum atomic E-state index is 12.1. The standard InChI is InChI=1S/C13H14BrN3O/c1-17-10(6-7-16-17)3-5-13(18)11-8-9(14)2-4-12(11)15/h2,4,6-8H,3,5,15H2,1H3. The van der Waals surface area contributed by atoms with Crippen LogP contribution in [0.1, 0.15) is 22.5 Å². The number of rotatable bonds is 4. The van der Waals surface area contributed by atoms with Crippen LogP contribution in [0.15, 0.2) is 34.9 Å². The molecule has 18 heavy (non-hydrogen) atoms. The molecule has 94 valence electrons. The number of anilines is 1. The molecule has 0 unspecified atom stereocenters. The molecule has 5 heteroatoms. The monoisotopic (exact) mass is 307 g/mol. The van der Waals surface area contributed by atoms with Gasteiger partial charge in [-0.25, -0.2) is 0 Å². The summed E-state index contributed by atoms with van der Waals surface area (Å²) in [5.41, 5.74) is 7.95. The van der Waals surface area contributed by atoms with E-state index >= 15 is 0 Å². The summed E-state index contributed by atoms with van der Waals surface area (Å²) in [5, 5.41) is 4.07. The normalized spacial score (nSPS) is 10.6. The Morgan fingerprint density at radius 2 is 2.22 bits per heavy atom. The molecule has 0 radical (unpaired) electrons. The predicted octanol–water partition coefficient (Wildman–Crippen LogP) is 2.58. The number of aryl methyl sites for hydroxylation is 2. The molecule has 0 amide bonds. The number of hydrogen-bond donors (Lipinski definition) is 1. The molecule has 0 saturated heterocycles. The number of aromatic nitrogens is 2. The maximum absolute atomic E-state index is 12.1. The lowest BCUT2D eigenvalue weighted by molar-refractivity contribution is 0.0983. The topological polar surface area (TPSA) is 60.9 Å². The largest absolute Gasteiger partial charge is 0.398 e. The van der Waals surface area contributed by atoms with Gasteiger partial charge in [-0.05, 0) is 30.7 Å². The number of ketones is 1. The van der Waals surface area contributed by atoms with Crippen LogP contribution in [0.5, 0.6) is 0 Å². The van der Waals surface area contributed by atoms with Crippen molar-refractivity contribution in [2.24, 2.45) is 7.05 Å². The van der Waals surface area contributed by atoms with Gasteiger partial charge < -0.3 is 5.73 Å². The first-order chi connectivity index (χ1) is 8.58. The highest BCUT2D eigenvalue weighted by Gasteiger charge is 2.11. The first kappa shape index (κ1) is 12.8. The maximum Gasteiger partial charge on any atom is 0.165 e. The Morgan fingerprint density at radius 1 is 1.44 bits per heavy atom. The quantitative estimate of drug-likeness (QED) is 0.697. The summed E-state index contributed by atoms with van der Waals surface area (Å²) in [7, 11) is 1.87. The second-order valence-electron chi connectivity index (χ2n) is 4.10. The minimum Gasteiger partial charge on any atom is -0.398 e. The highest BCUT2D eigenvalue weighted by Crippen LogP contribution is 2.20. The second kappa shape index (κ2) is 5.35. The van der Waals surface area contributed by atoms with E-state index in [1.54, 1.807) is 23.0 Å². The summed E-state index contributed by atoms with van der Waals surface area (Å²) in [5.74, 6) is 0.0509. The third kappa shape index (κ3) is 2.79. The molecule has 0 aliphatic heterocycles. The van der Waals surface area contributed by atoms with E-state index in [1.807, 2.05) is 19.2 Å². The van der Waals surface area contributed by atoms with Gasteiger partial charge in [0.1, 0.15) is 0 Å². The van der Waals surface area contributed by atoms with Crippen molar-refractivity contribution in [2.45, 2.75) is 12.8 Å². The summed E-state index contributed by atoms with van der Waals surface area (Å²) in [4.78, 5) is 12.1. The number of nitrogens with zero attached hydrogens (tertiary/aromatic N) is 2. The molecule has 0 aliphatic carbocycles. The van der Waals surface area contributed by atoms with E-state index in [2.05, 4.69) is 21.0 Å². The Bertz CT molecular complexity index is 577. The average Bonchev–Trinajstić information content (AvgIpc) is 2.75. The third-order valence-electron chi connectivity index (χ3n) is 2.85. The smallest absolute Gasteiger partial charge is 0.165 e. The Labute approximate surface area is 114 Å². The number of hydrogen-bond acceptors (Lipinski definition) is 3. The molecular weight excluding hydrogens is 294 g/mol. The van der Waals surface area contributed by atoms with Gasteiger partial charge in [0.15, 0.2) is 5.78 Å². The molecule has 2 rings (SSSR count). The number of nitrogen functional groups attached to an aromatic ring is 1. The van der Waals surface area contributed by atoms with E-state index in [0.29, 0.717) is 24.1 Å². The molecular formula is C13H14BrN3O. The van der Waals surface area contributed by atoms with Crippen LogP contribution in [-0.4, -0.2) is 15.6 Å². The summed E-state index contributed by atoms with van der Waals surface area (Å²) in [6, 6.07) is 7.24. The van der Waals surface area contributed by atoms with Crippen LogP contribution in [0.3, 0.4) is 0 Å². The van der Waals surface area contributed by atoms with Gasteiger partial charge >= 0.3 is 0 Å². The molecule has 0 saturated carbocycles. The second-order valence-corrected chi connectivity index (χ2v) is 5.02. The summed E-state index contributed by atoms with van der Waals surface area (Å²) in [6.07, 6.45) is 2.83. The van der Waals surface area contributed by atoms with Crippen molar-refractivity contribution in [1.29, 1.82) is 0 Å². The highest BCUT2D eigenvalue weighted by atomic mass is 79.9. The minimum atomic E-state index is 0.0509. The van der Waals surface area contributed by atoms with Crippen molar-refractivity contribution in [2.75, 3.05) is 5.73 Å². The summed E-state index contributed by atoms with van der Waals surface area (Å²) >= 11 is 3.34. The molecule has 0 fully saturated rings. The molecule has 2 N–H and O–H groups in total.